The first-order valence-electron chi connectivity index (χ1n) is 7.44. The first kappa shape index (κ1) is 16.0. The van der Waals surface area contributed by atoms with Crippen molar-refractivity contribution >= 4 is 30.2 Å². The standard InChI is InChI=1S/C18H15BFNO3/c1-24-16-8-10(2-4-14(16)20)18-12(9-17(22)23)6-11-7-13(19)3-5-15(11)21-18/h2-8H,9,19H2,1H3,(H,22,23). The van der Waals surface area contributed by atoms with Crippen LogP contribution in [0.4, 0.5) is 4.39 Å². The number of carboxylic acids is 1. The first-order valence-corrected chi connectivity index (χ1v) is 7.44. The molecule has 6 heteroatoms. The van der Waals surface area contributed by atoms with Crippen LogP contribution >= 0.6 is 0 Å². The average Bonchev–Trinajstić information content (AvgIpc) is 2.54. The molecule has 0 amide bonds. The van der Waals surface area contributed by atoms with Gasteiger partial charge in [-0.1, -0.05) is 17.6 Å². The van der Waals surface area contributed by atoms with E-state index in [4.69, 9.17) is 4.74 Å². The van der Waals surface area contributed by atoms with Gasteiger partial charge >= 0.3 is 5.97 Å². The van der Waals surface area contributed by atoms with E-state index in [1.54, 1.807) is 6.07 Å². The largest absolute Gasteiger partial charge is 0.494 e. The molecule has 0 spiro atoms. The summed E-state index contributed by atoms with van der Waals surface area (Å²) < 4.78 is 18.7. The van der Waals surface area contributed by atoms with Crippen molar-refractivity contribution in [3.05, 3.63) is 53.8 Å². The summed E-state index contributed by atoms with van der Waals surface area (Å²) in [5.74, 6) is -1.32. The number of rotatable bonds is 4. The van der Waals surface area contributed by atoms with E-state index in [9.17, 15) is 14.3 Å². The predicted octanol–water partition coefficient (Wildman–Crippen LogP) is 1.94. The molecule has 2 aromatic carbocycles. The third kappa shape index (κ3) is 3.08. The topological polar surface area (TPSA) is 59.4 Å². The number of pyridine rings is 1. The van der Waals surface area contributed by atoms with Gasteiger partial charge in [-0.3, -0.25) is 4.79 Å². The molecule has 3 rings (SSSR count). The summed E-state index contributed by atoms with van der Waals surface area (Å²) in [6.07, 6.45) is -0.161. The van der Waals surface area contributed by atoms with Gasteiger partial charge in [-0.15, -0.1) is 0 Å². The zero-order valence-corrected chi connectivity index (χ0v) is 13.3. The quantitative estimate of drug-likeness (QED) is 0.746. The number of methoxy groups -OCH3 is 1. The van der Waals surface area contributed by atoms with Crippen LogP contribution in [-0.2, 0) is 11.2 Å². The summed E-state index contributed by atoms with van der Waals surface area (Å²) in [6, 6.07) is 12.0. The maximum Gasteiger partial charge on any atom is 0.307 e. The third-order valence-electron chi connectivity index (χ3n) is 3.82. The second kappa shape index (κ2) is 6.32. The van der Waals surface area contributed by atoms with E-state index in [1.165, 1.54) is 19.2 Å². The summed E-state index contributed by atoms with van der Waals surface area (Å²) in [7, 11) is 3.35. The molecule has 1 aromatic heterocycles. The zero-order valence-electron chi connectivity index (χ0n) is 13.3. The SMILES string of the molecule is Bc1ccc2nc(-c3ccc(F)c(OC)c3)c(CC(=O)O)cc2c1. The minimum Gasteiger partial charge on any atom is -0.494 e. The number of halogens is 1. The lowest BCUT2D eigenvalue weighted by Gasteiger charge is -2.11. The fourth-order valence-corrected chi connectivity index (χ4v) is 2.69. The number of hydrogen-bond donors (Lipinski definition) is 1. The molecule has 0 unspecified atom stereocenters. The van der Waals surface area contributed by atoms with Crippen molar-refractivity contribution in [1.82, 2.24) is 4.98 Å². The van der Waals surface area contributed by atoms with Gasteiger partial charge in [-0.2, -0.15) is 0 Å². The molecule has 0 aliphatic heterocycles. The van der Waals surface area contributed by atoms with Crippen LogP contribution in [-0.4, -0.2) is 31.0 Å². The molecular weight excluding hydrogens is 308 g/mol. The van der Waals surface area contributed by atoms with E-state index in [0.29, 0.717) is 16.8 Å². The Morgan fingerprint density at radius 3 is 2.75 bits per heavy atom. The summed E-state index contributed by atoms with van der Waals surface area (Å²) >= 11 is 0. The van der Waals surface area contributed by atoms with Gasteiger partial charge in [0.2, 0.25) is 0 Å². The third-order valence-corrected chi connectivity index (χ3v) is 3.82. The lowest BCUT2D eigenvalue weighted by molar-refractivity contribution is -0.136. The number of ether oxygens (including phenoxy) is 1. The van der Waals surface area contributed by atoms with Crippen molar-refractivity contribution in [3.8, 4) is 17.0 Å². The van der Waals surface area contributed by atoms with Crippen LogP contribution in [0.2, 0.25) is 0 Å². The van der Waals surface area contributed by atoms with Crippen LogP contribution in [0.25, 0.3) is 22.2 Å². The molecular formula is C18H15BFNO3. The van der Waals surface area contributed by atoms with Gasteiger partial charge in [0.15, 0.2) is 11.6 Å². The highest BCUT2D eigenvalue weighted by atomic mass is 19.1. The van der Waals surface area contributed by atoms with Gasteiger partial charge in [0, 0.05) is 5.56 Å². The van der Waals surface area contributed by atoms with Crippen molar-refractivity contribution < 1.29 is 19.0 Å². The molecule has 120 valence electrons. The van der Waals surface area contributed by atoms with Crippen molar-refractivity contribution in [2.24, 2.45) is 0 Å². The van der Waals surface area contributed by atoms with Gasteiger partial charge in [0.05, 0.1) is 24.7 Å². The number of carbonyl (C=O) groups is 1. The number of aliphatic carboxylic acids is 1. The fourth-order valence-electron chi connectivity index (χ4n) is 2.69. The van der Waals surface area contributed by atoms with Crippen LogP contribution < -0.4 is 10.2 Å². The molecule has 0 aliphatic carbocycles. The Morgan fingerprint density at radius 2 is 2.04 bits per heavy atom. The smallest absolute Gasteiger partial charge is 0.307 e. The first-order chi connectivity index (χ1) is 11.5. The minimum atomic E-state index is -0.945. The summed E-state index contributed by atoms with van der Waals surface area (Å²) in [5.41, 5.74) is 3.54. The van der Waals surface area contributed by atoms with Gasteiger partial charge in [0.1, 0.15) is 7.85 Å². The van der Waals surface area contributed by atoms with Crippen molar-refractivity contribution in [1.29, 1.82) is 0 Å². The van der Waals surface area contributed by atoms with Crippen LogP contribution in [0.3, 0.4) is 0 Å². The maximum atomic E-state index is 13.7. The van der Waals surface area contributed by atoms with E-state index >= 15 is 0 Å². The van der Waals surface area contributed by atoms with Crippen molar-refractivity contribution in [2.75, 3.05) is 7.11 Å². The fraction of sp³-hybridized carbons (Fsp3) is 0.111. The highest BCUT2D eigenvalue weighted by Gasteiger charge is 2.14. The predicted molar refractivity (Wildman–Crippen MR) is 93.2 cm³/mol. The van der Waals surface area contributed by atoms with Crippen molar-refractivity contribution in [2.45, 2.75) is 6.42 Å². The molecule has 0 fully saturated rings. The molecule has 1 heterocycles. The number of carboxylic acid groups (broad SMARTS) is 1. The number of hydrogen-bond acceptors (Lipinski definition) is 3. The Bertz CT molecular complexity index is 943. The van der Waals surface area contributed by atoms with E-state index in [1.807, 2.05) is 32.1 Å². The Hall–Kier alpha value is -2.89. The Labute approximate surface area is 139 Å². The summed E-state index contributed by atoms with van der Waals surface area (Å²) in [6.45, 7) is 0. The number of aromatic nitrogens is 1. The summed E-state index contributed by atoms with van der Waals surface area (Å²) in [5, 5.41) is 10.1. The van der Waals surface area contributed by atoms with Crippen LogP contribution in [0, 0.1) is 5.82 Å². The lowest BCUT2D eigenvalue weighted by atomic mass is 9.93. The molecule has 1 N–H and O–H groups in total. The molecule has 0 bridgehead atoms. The highest BCUT2D eigenvalue weighted by Crippen LogP contribution is 2.29. The number of benzene rings is 2. The Kier molecular flexibility index (Phi) is 4.21. The highest BCUT2D eigenvalue weighted by molar-refractivity contribution is 6.33. The van der Waals surface area contributed by atoms with E-state index < -0.39 is 11.8 Å². The maximum absolute atomic E-state index is 13.7. The Balaban J connectivity index is 2.24. The van der Waals surface area contributed by atoms with Gasteiger partial charge in [0.25, 0.3) is 0 Å². The van der Waals surface area contributed by atoms with E-state index in [-0.39, 0.29) is 12.2 Å². The second-order valence-electron chi connectivity index (χ2n) is 5.61. The average molecular weight is 323 g/mol. The van der Waals surface area contributed by atoms with Gasteiger partial charge < -0.3 is 9.84 Å². The normalized spacial score (nSPS) is 10.8. The monoisotopic (exact) mass is 323 g/mol. The van der Waals surface area contributed by atoms with E-state index in [0.717, 1.165) is 16.4 Å². The van der Waals surface area contributed by atoms with Crippen molar-refractivity contribution in [3.63, 3.8) is 0 Å². The Morgan fingerprint density at radius 1 is 1.25 bits per heavy atom. The van der Waals surface area contributed by atoms with Crippen LogP contribution in [0.1, 0.15) is 5.56 Å². The van der Waals surface area contributed by atoms with E-state index in [2.05, 4.69) is 4.98 Å². The lowest BCUT2D eigenvalue weighted by Crippen LogP contribution is -2.06. The molecule has 24 heavy (non-hydrogen) atoms. The van der Waals surface area contributed by atoms with Crippen LogP contribution in [0.5, 0.6) is 5.75 Å². The van der Waals surface area contributed by atoms with Gasteiger partial charge in [-0.25, -0.2) is 9.37 Å². The molecule has 0 saturated heterocycles. The molecule has 3 aromatic rings. The number of nitrogens with zero attached hydrogens (tertiary/aromatic N) is 1. The van der Waals surface area contributed by atoms with Gasteiger partial charge in [-0.05, 0) is 41.3 Å². The van der Waals surface area contributed by atoms with Crippen LogP contribution in [0.15, 0.2) is 42.5 Å². The second-order valence-corrected chi connectivity index (χ2v) is 5.61. The molecule has 0 radical (unpaired) electrons. The number of fused-ring (bicyclic) bond motifs is 1. The minimum absolute atomic E-state index is 0.0968. The molecule has 0 saturated carbocycles. The molecule has 0 aliphatic rings. The molecule has 0 atom stereocenters. The summed E-state index contributed by atoms with van der Waals surface area (Å²) in [4.78, 5) is 15.8. The zero-order chi connectivity index (χ0) is 17.3. The molecule has 4 nitrogen and oxygen atoms in total.